The molecule has 0 bridgehead atoms. The first-order chi connectivity index (χ1) is 7.15. The molecule has 1 aliphatic heterocycles. The fourth-order valence-corrected chi connectivity index (χ4v) is 2.35. The van der Waals surface area contributed by atoms with E-state index in [9.17, 15) is 4.39 Å². The second-order valence-corrected chi connectivity index (χ2v) is 4.21. The Morgan fingerprint density at radius 3 is 2.87 bits per heavy atom. The van der Waals surface area contributed by atoms with Crippen LogP contribution in [0.25, 0.3) is 0 Å². The zero-order chi connectivity index (χ0) is 11.0. The molecule has 2 rings (SSSR count). The molecule has 0 aromatic heterocycles. The van der Waals surface area contributed by atoms with Crippen molar-refractivity contribution in [3.63, 3.8) is 0 Å². The zero-order valence-electron chi connectivity index (χ0n) is 9.42. The minimum Gasteiger partial charge on any atom is -0.367 e. The largest absolute Gasteiger partial charge is 0.367 e. The molecule has 1 aliphatic rings. The van der Waals surface area contributed by atoms with Crippen LogP contribution in [0, 0.1) is 5.82 Å². The maximum atomic E-state index is 13.6. The summed E-state index contributed by atoms with van der Waals surface area (Å²) in [4.78, 5) is 2.05. The monoisotopic (exact) mass is 208 g/mol. The van der Waals surface area contributed by atoms with Crippen LogP contribution < -0.4 is 10.2 Å². The smallest absolute Gasteiger partial charge is 0.146 e. The highest BCUT2D eigenvalue weighted by Gasteiger charge is 2.31. The van der Waals surface area contributed by atoms with Gasteiger partial charge in [-0.15, -0.1) is 0 Å². The Morgan fingerprint density at radius 1 is 1.53 bits per heavy atom. The van der Waals surface area contributed by atoms with E-state index in [1.54, 1.807) is 6.07 Å². The van der Waals surface area contributed by atoms with Gasteiger partial charge in [0.1, 0.15) is 5.82 Å². The molecule has 0 saturated heterocycles. The summed E-state index contributed by atoms with van der Waals surface area (Å²) < 4.78 is 13.6. The maximum absolute atomic E-state index is 13.6. The normalized spacial score (nSPS) is 21.6. The molecule has 0 radical (unpaired) electrons. The number of para-hydroxylation sites is 1. The van der Waals surface area contributed by atoms with Crippen LogP contribution in [-0.2, 0) is 6.42 Å². The molecule has 1 aromatic carbocycles. The molecule has 82 valence electrons. The maximum Gasteiger partial charge on any atom is 0.146 e. The van der Waals surface area contributed by atoms with Crippen molar-refractivity contribution in [1.82, 2.24) is 5.32 Å². The summed E-state index contributed by atoms with van der Waals surface area (Å²) in [6, 6.07) is 6.04. The first-order valence-corrected chi connectivity index (χ1v) is 5.32. The highest BCUT2D eigenvalue weighted by molar-refractivity contribution is 5.60. The van der Waals surface area contributed by atoms with Crippen LogP contribution in [0.1, 0.15) is 12.5 Å². The summed E-state index contributed by atoms with van der Waals surface area (Å²) in [5.74, 6) is -0.110. The van der Waals surface area contributed by atoms with E-state index in [0.717, 1.165) is 17.7 Å². The van der Waals surface area contributed by atoms with Gasteiger partial charge in [0.25, 0.3) is 0 Å². The van der Waals surface area contributed by atoms with Crippen molar-refractivity contribution in [3.8, 4) is 0 Å². The van der Waals surface area contributed by atoms with Crippen LogP contribution in [0.2, 0.25) is 0 Å². The van der Waals surface area contributed by atoms with Gasteiger partial charge in [-0.2, -0.15) is 0 Å². The molecular formula is C12H17FN2. The Bertz CT molecular complexity index is 365. The number of anilines is 1. The molecule has 0 saturated carbocycles. The fraction of sp³-hybridized carbons (Fsp3) is 0.500. The number of fused-ring (bicyclic) bond motifs is 1. The predicted molar refractivity (Wildman–Crippen MR) is 60.8 cm³/mol. The lowest BCUT2D eigenvalue weighted by molar-refractivity contribution is 0.485. The molecule has 0 spiro atoms. The van der Waals surface area contributed by atoms with Gasteiger partial charge in [0.2, 0.25) is 0 Å². The van der Waals surface area contributed by atoms with E-state index in [2.05, 4.69) is 12.2 Å². The number of benzene rings is 1. The highest BCUT2D eigenvalue weighted by atomic mass is 19.1. The number of likely N-dealkylation sites (N-methyl/N-ethyl adjacent to an activating group) is 2. The van der Waals surface area contributed by atoms with Crippen LogP contribution in [0.4, 0.5) is 10.1 Å². The molecule has 15 heavy (non-hydrogen) atoms. The lowest BCUT2D eigenvalue weighted by atomic mass is 10.1. The molecular weight excluding hydrogens is 191 g/mol. The fourth-order valence-electron chi connectivity index (χ4n) is 2.35. The molecule has 2 nitrogen and oxygen atoms in total. The topological polar surface area (TPSA) is 15.3 Å². The molecule has 1 aromatic rings. The lowest BCUT2D eigenvalue weighted by Crippen LogP contribution is -2.44. The number of hydrogen-bond acceptors (Lipinski definition) is 2. The van der Waals surface area contributed by atoms with Crippen molar-refractivity contribution in [2.45, 2.75) is 25.4 Å². The zero-order valence-corrected chi connectivity index (χ0v) is 9.42. The molecule has 0 amide bonds. The number of halogens is 1. The summed E-state index contributed by atoms with van der Waals surface area (Å²) in [7, 11) is 3.91. The number of nitrogens with one attached hydrogen (secondary N) is 1. The van der Waals surface area contributed by atoms with E-state index in [0.29, 0.717) is 12.1 Å². The van der Waals surface area contributed by atoms with Gasteiger partial charge in [-0.25, -0.2) is 4.39 Å². The molecule has 0 aliphatic carbocycles. The Labute approximate surface area is 90.1 Å². The van der Waals surface area contributed by atoms with Crippen LogP contribution in [0.3, 0.4) is 0 Å². The number of nitrogens with zero attached hydrogens (tertiary/aromatic N) is 1. The minimum atomic E-state index is -0.110. The van der Waals surface area contributed by atoms with Crippen LogP contribution in [0.15, 0.2) is 18.2 Å². The second-order valence-electron chi connectivity index (χ2n) is 4.21. The molecule has 2 unspecified atom stereocenters. The first-order valence-electron chi connectivity index (χ1n) is 5.32. The van der Waals surface area contributed by atoms with Crippen LogP contribution in [-0.4, -0.2) is 26.2 Å². The average Bonchev–Trinajstić information content (AvgIpc) is 2.56. The van der Waals surface area contributed by atoms with Crippen molar-refractivity contribution < 1.29 is 4.39 Å². The van der Waals surface area contributed by atoms with Gasteiger partial charge < -0.3 is 10.2 Å². The molecule has 1 heterocycles. The highest BCUT2D eigenvalue weighted by Crippen LogP contribution is 2.34. The van der Waals surface area contributed by atoms with E-state index in [1.807, 2.05) is 25.1 Å². The summed E-state index contributed by atoms with van der Waals surface area (Å²) in [6.07, 6.45) is 0.922. The van der Waals surface area contributed by atoms with E-state index in [1.165, 1.54) is 6.07 Å². The summed E-state index contributed by atoms with van der Waals surface area (Å²) >= 11 is 0. The van der Waals surface area contributed by atoms with Gasteiger partial charge in [-0.05, 0) is 32.0 Å². The van der Waals surface area contributed by atoms with E-state index in [-0.39, 0.29) is 5.82 Å². The van der Waals surface area contributed by atoms with Crippen molar-refractivity contribution in [2.24, 2.45) is 0 Å². The summed E-state index contributed by atoms with van der Waals surface area (Å²) in [5.41, 5.74) is 1.88. The van der Waals surface area contributed by atoms with Crippen molar-refractivity contribution in [2.75, 3.05) is 19.0 Å². The van der Waals surface area contributed by atoms with E-state index >= 15 is 0 Å². The Kier molecular flexibility index (Phi) is 2.65. The lowest BCUT2D eigenvalue weighted by Gasteiger charge is -2.28. The number of rotatable bonds is 2. The molecule has 3 heteroatoms. The van der Waals surface area contributed by atoms with Gasteiger partial charge in [-0.1, -0.05) is 12.1 Å². The third kappa shape index (κ3) is 1.61. The Morgan fingerprint density at radius 2 is 2.27 bits per heavy atom. The first kappa shape index (κ1) is 10.4. The second kappa shape index (κ2) is 3.81. The summed E-state index contributed by atoms with van der Waals surface area (Å²) in [6.45, 7) is 2.13. The van der Waals surface area contributed by atoms with E-state index < -0.39 is 0 Å². The van der Waals surface area contributed by atoms with Crippen molar-refractivity contribution >= 4 is 5.69 Å². The van der Waals surface area contributed by atoms with Gasteiger partial charge >= 0.3 is 0 Å². The molecule has 1 N–H and O–H groups in total. The third-order valence-electron chi connectivity index (χ3n) is 3.38. The van der Waals surface area contributed by atoms with Crippen molar-refractivity contribution in [1.29, 1.82) is 0 Å². The minimum absolute atomic E-state index is 0.110. The van der Waals surface area contributed by atoms with Gasteiger partial charge in [0.15, 0.2) is 0 Å². The third-order valence-corrected chi connectivity index (χ3v) is 3.38. The van der Waals surface area contributed by atoms with Gasteiger partial charge in [0, 0.05) is 19.1 Å². The van der Waals surface area contributed by atoms with Crippen LogP contribution in [0.5, 0.6) is 0 Å². The SMILES string of the molecule is CNC(C)C1Cc2cccc(F)c2N1C. The van der Waals surface area contributed by atoms with Crippen LogP contribution >= 0.6 is 0 Å². The average molecular weight is 208 g/mol. The number of hydrogen-bond donors (Lipinski definition) is 1. The summed E-state index contributed by atoms with van der Waals surface area (Å²) in [5, 5.41) is 3.23. The Balaban J connectivity index is 2.33. The standard InChI is InChI=1S/C12H17FN2/c1-8(14-2)11-7-9-5-4-6-10(13)12(9)15(11)3/h4-6,8,11,14H,7H2,1-3H3. The quantitative estimate of drug-likeness (QED) is 0.797. The molecule has 0 fully saturated rings. The Hall–Kier alpha value is -1.09. The van der Waals surface area contributed by atoms with Crippen molar-refractivity contribution in [3.05, 3.63) is 29.6 Å². The van der Waals surface area contributed by atoms with Gasteiger partial charge in [-0.3, -0.25) is 0 Å². The van der Waals surface area contributed by atoms with Gasteiger partial charge in [0.05, 0.1) is 5.69 Å². The van der Waals surface area contributed by atoms with E-state index in [4.69, 9.17) is 0 Å². The predicted octanol–water partition coefficient (Wildman–Crippen LogP) is 1.79. The molecule has 2 atom stereocenters.